The van der Waals surface area contributed by atoms with Crippen LogP contribution in [0, 0.1) is 5.92 Å². The van der Waals surface area contributed by atoms with Crippen molar-refractivity contribution in [1.82, 2.24) is 15.1 Å². The maximum absolute atomic E-state index is 13.4. The lowest BCUT2D eigenvalue weighted by atomic mass is 9.92. The van der Waals surface area contributed by atoms with E-state index in [2.05, 4.69) is 15.1 Å². The van der Waals surface area contributed by atoms with Crippen LogP contribution in [0.4, 0.5) is 5.69 Å². The van der Waals surface area contributed by atoms with Gasteiger partial charge in [-0.05, 0) is 82.6 Å². The molecule has 4 aliphatic rings. The van der Waals surface area contributed by atoms with Crippen LogP contribution in [0.25, 0.3) is 0 Å². The third kappa shape index (κ3) is 4.84. The Kier molecular flexibility index (Phi) is 6.88. The quantitative estimate of drug-likeness (QED) is 0.592. The molecule has 3 fully saturated rings. The van der Waals surface area contributed by atoms with Crippen LogP contribution in [0.2, 0.25) is 0 Å². The summed E-state index contributed by atoms with van der Waals surface area (Å²) in [5, 5.41) is 2.26. The Labute approximate surface area is 206 Å². The fourth-order valence-corrected chi connectivity index (χ4v) is 6.06. The number of amides is 4. The predicted molar refractivity (Wildman–Crippen MR) is 131 cm³/mol. The van der Waals surface area contributed by atoms with E-state index in [9.17, 15) is 19.2 Å². The minimum absolute atomic E-state index is 0.120. The second-order valence-electron chi connectivity index (χ2n) is 10.4. The molecule has 4 amide bonds. The summed E-state index contributed by atoms with van der Waals surface area (Å²) in [7, 11) is 0. The van der Waals surface area contributed by atoms with Gasteiger partial charge in [0.1, 0.15) is 6.04 Å². The molecule has 1 aromatic carbocycles. The van der Waals surface area contributed by atoms with Gasteiger partial charge in [0.2, 0.25) is 11.8 Å². The van der Waals surface area contributed by atoms with Crippen LogP contribution < -0.4 is 16.0 Å². The second kappa shape index (κ2) is 10.1. The van der Waals surface area contributed by atoms with E-state index in [-0.39, 0.29) is 18.7 Å². The first-order valence-corrected chi connectivity index (χ1v) is 13.0. The largest absolute Gasteiger partial charge is 0.371 e. The molecule has 0 saturated carbocycles. The lowest BCUT2D eigenvalue weighted by Crippen LogP contribution is -2.54. The molecular formula is C26H35N5O4. The molecule has 188 valence electrons. The van der Waals surface area contributed by atoms with Gasteiger partial charge in [0.25, 0.3) is 11.8 Å². The number of imide groups is 2. The van der Waals surface area contributed by atoms with Crippen LogP contribution in [-0.2, 0) is 9.59 Å². The molecule has 2 atom stereocenters. The summed E-state index contributed by atoms with van der Waals surface area (Å²) in [5.74, 6) is -1.28. The van der Waals surface area contributed by atoms with E-state index in [0.717, 1.165) is 75.4 Å². The third-order valence-electron chi connectivity index (χ3n) is 8.02. The number of nitrogens with two attached hydrogens (primary N) is 1. The zero-order valence-corrected chi connectivity index (χ0v) is 20.2. The van der Waals surface area contributed by atoms with E-state index in [1.54, 1.807) is 6.07 Å². The topological polar surface area (TPSA) is 116 Å². The van der Waals surface area contributed by atoms with Crippen LogP contribution in [0.1, 0.15) is 72.1 Å². The van der Waals surface area contributed by atoms with E-state index in [1.807, 2.05) is 12.1 Å². The molecule has 3 N–H and O–H groups in total. The molecule has 0 aromatic heterocycles. The van der Waals surface area contributed by atoms with Crippen molar-refractivity contribution < 1.29 is 19.2 Å². The highest BCUT2D eigenvalue weighted by Gasteiger charge is 2.46. The molecule has 0 aliphatic carbocycles. The van der Waals surface area contributed by atoms with Crippen molar-refractivity contribution in [2.24, 2.45) is 11.7 Å². The smallest absolute Gasteiger partial charge is 0.264 e. The molecule has 3 saturated heterocycles. The Morgan fingerprint density at radius 1 is 0.971 bits per heavy atom. The summed E-state index contributed by atoms with van der Waals surface area (Å²) in [5.41, 5.74) is 7.55. The van der Waals surface area contributed by atoms with Crippen molar-refractivity contribution in [1.29, 1.82) is 0 Å². The SMILES string of the molecule is NC1CCN(CCCC2CCCN(c3cccc4c3C(=O)N(C3CCC(=O)NC3=O)C4=O)C2)CC1. The minimum atomic E-state index is -0.939. The molecule has 1 aromatic rings. The standard InChI is InChI=1S/C26H35N5O4/c27-18-10-14-29(15-11-18)12-2-4-17-5-3-13-30(16-17)20-7-1-6-19-23(20)26(35)31(25(19)34)21-8-9-22(32)28-24(21)33/h1,6-7,17-18,21H,2-5,8-16,27H2,(H,28,32,33). The first-order chi connectivity index (χ1) is 16.9. The van der Waals surface area contributed by atoms with Gasteiger partial charge in [-0.3, -0.25) is 29.4 Å². The Balaban J connectivity index is 1.25. The summed E-state index contributed by atoms with van der Waals surface area (Å²) >= 11 is 0. The number of anilines is 1. The molecule has 9 nitrogen and oxygen atoms in total. The number of fused-ring (bicyclic) bond motifs is 1. The van der Waals surface area contributed by atoms with Crippen molar-refractivity contribution >= 4 is 29.3 Å². The van der Waals surface area contributed by atoms with Gasteiger partial charge in [0, 0.05) is 25.6 Å². The fraction of sp³-hybridized carbons (Fsp3) is 0.615. The van der Waals surface area contributed by atoms with E-state index in [4.69, 9.17) is 5.73 Å². The molecule has 4 heterocycles. The molecule has 4 aliphatic heterocycles. The number of likely N-dealkylation sites (tertiary alicyclic amines) is 1. The number of carbonyl (C=O) groups excluding carboxylic acids is 4. The molecule has 0 bridgehead atoms. The van der Waals surface area contributed by atoms with Crippen LogP contribution in [0.5, 0.6) is 0 Å². The van der Waals surface area contributed by atoms with E-state index in [1.165, 1.54) is 6.42 Å². The van der Waals surface area contributed by atoms with Gasteiger partial charge in [-0.25, -0.2) is 0 Å². The number of piperidine rings is 3. The summed E-state index contributed by atoms with van der Waals surface area (Å²) in [4.78, 5) is 56.4. The molecule has 9 heteroatoms. The average Bonchev–Trinajstić information content (AvgIpc) is 3.11. The molecule has 0 radical (unpaired) electrons. The highest BCUT2D eigenvalue weighted by atomic mass is 16.2. The molecule has 2 unspecified atom stereocenters. The van der Waals surface area contributed by atoms with Crippen LogP contribution in [0.15, 0.2) is 18.2 Å². The van der Waals surface area contributed by atoms with Gasteiger partial charge in [-0.1, -0.05) is 6.07 Å². The average molecular weight is 482 g/mol. The first kappa shape index (κ1) is 23.9. The first-order valence-electron chi connectivity index (χ1n) is 13.0. The van der Waals surface area contributed by atoms with Gasteiger partial charge in [-0.15, -0.1) is 0 Å². The Morgan fingerprint density at radius 3 is 2.54 bits per heavy atom. The Bertz CT molecular complexity index is 1020. The Morgan fingerprint density at radius 2 is 1.77 bits per heavy atom. The number of nitrogens with one attached hydrogen (secondary N) is 1. The summed E-state index contributed by atoms with van der Waals surface area (Å²) in [6.45, 7) is 5.00. The number of benzene rings is 1. The monoisotopic (exact) mass is 481 g/mol. The zero-order valence-electron chi connectivity index (χ0n) is 20.2. The van der Waals surface area contributed by atoms with Gasteiger partial charge in [0.15, 0.2) is 0 Å². The maximum atomic E-state index is 13.4. The van der Waals surface area contributed by atoms with Gasteiger partial charge in [-0.2, -0.15) is 0 Å². The summed E-state index contributed by atoms with van der Waals surface area (Å²) in [6, 6.07) is 4.81. The second-order valence-corrected chi connectivity index (χ2v) is 10.4. The van der Waals surface area contributed by atoms with E-state index < -0.39 is 23.8 Å². The third-order valence-corrected chi connectivity index (χ3v) is 8.02. The molecular weight excluding hydrogens is 446 g/mol. The normalized spacial score (nSPS) is 26.3. The van der Waals surface area contributed by atoms with E-state index in [0.29, 0.717) is 23.1 Å². The zero-order chi connectivity index (χ0) is 24.5. The fourth-order valence-electron chi connectivity index (χ4n) is 6.06. The predicted octanol–water partition coefficient (Wildman–Crippen LogP) is 1.51. The van der Waals surface area contributed by atoms with Crippen molar-refractivity contribution in [3.63, 3.8) is 0 Å². The lowest BCUT2D eigenvalue weighted by molar-refractivity contribution is -0.136. The number of nitrogens with zero attached hydrogens (tertiary/aromatic N) is 3. The number of rotatable bonds is 6. The van der Waals surface area contributed by atoms with Crippen LogP contribution in [-0.4, -0.2) is 78.2 Å². The summed E-state index contributed by atoms with van der Waals surface area (Å²) < 4.78 is 0. The minimum Gasteiger partial charge on any atom is -0.371 e. The summed E-state index contributed by atoms with van der Waals surface area (Å²) in [6.07, 6.45) is 6.97. The van der Waals surface area contributed by atoms with Crippen molar-refractivity contribution in [3.8, 4) is 0 Å². The molecule has 5 rings (SSSR count). The van der Waals surface area contributed by atoms with Gasteiger partial charge >= 0.3 is 0 Å². The number of carbonyl (C=O) groups is 4. The molecule has 0 spiro atoms. The Hall–Kier alpha value is -2.78. The molecule has 35 heavy (non-hydrogen) atoms. The van der Waals surface area contributed by atoms with Crippen LogP contribution in [0.3, 0.4) is 0 Å². The van der Waals surface area contributed by atoms with Crippen LogP contribution >= 0.6 is 0 Å². The van der Waals surface area contributed by atoms with Crippen molar-refractivity contribution in [3.05, 3.63) is 29.3 Å². The number of hydrogen-bond acceptors (Lipinski definition) is 7. The number of hydrogen-bond donors (Lipinski definition) is 2. The highest BCUT2D eigenvalue weighted by Crippen LogP contribution is 2.36. The lowest BCUT2D eigenvalue weighted by Gasteiger charge is -2.36. The van der Waals surface area contributed by atoms with Crippen molar-refractivity contribution in [2.45, 2.75) is 63.5 Å². The van der Waals surface area contributed by atoms with E-state index >= 15 is 0 Å². The highest BCUT2D eigenvalue weighted by molar-refractivity contribution is 6.25. The maximum Gasteiger partial charge on any atom is 0.264 e. The van der Waals surface area contributed by atoms with Gasteiger partial charge in [0.05, 0.1) is 16.8 Å². The van der Waals surface area contributed by atoms with Gasteiger partial charge < -0.3 is 15.5 Å². The van der Waals surface area contributed by atoms with Crippen molar-refractivity contribution in [2.75, 3.05) is 37.6 Å².